The summed E-state index contributed by atoms with van der Waals surface area (Å²) in [4.78, 5) is 23.0. The van der Waals surface area contributed by atoms with E-state index >= 15 is 0 Å². The second-order valence-electron chi connectivity index (χ2n) is 4.98. The number of nitrogens with one attached hydrogen (secondary N) is 1. The quantitative estimate of drug-likeness (QED) is 0.750. The first kappa shape index (κ1) is 19.0. The van der Waals surface area contributed by atoms with Crippen molar-refractivity contribution in [1.29, 1.82) is 0 Å². The van der Waals surface area contributed by atoms with Crippen LogP contribution >= 0.6 is 0 Å². The van der Waals surface area contributed by atoms with Gasteiger partial charge < -0.3 is 28.5 Å². The molecule has 0 aliphatic carbocycles. The van der Waals surface area contributed by atoms with E-state index in [0.29, 0.717) is 17.1 Å². The summed E-state index contributed by atoms with van der Waals surface area (Å²) < 4.78 is 25.6. The van der Waals surface area contributed by atoms with Crippen LogP contribution in [0.25, 0.3) is 11.3 Å². The highest BCUT2D eigenvalue weighted by atomic mass is 16.6. The van der Waals surface area contributed by atoms with Crippen LogP contribution in [0.1, 0.15) is 13.8 Å². The lowest BCUT2D eigenvalue weighted by atomic mass is 10.1. The zero-order valence-corrected chi connectivity index (χ0v) is 14.7. The Balaban J connectivity index is 2.54. The number of methoxy groups -OCH3 is 2. The van der Waals surface area contributed by atoms with Crippen LogP contribution in [0.2, 0.25) is 0 Å². The van der Waals surface area contributed by atoms with Crippen molar-refractivity contribution in [2.45, 2.75) is 13.8 Å². The number of esters is 1. The minimum absolute atomic E-state index is 0.0507. The molecule has 0 spiro atoms. The van der Waals surface area contributed by atoms with Crippen molar-refractivity contribution in [3.8, 4) is 34.3 Å². The largest absolute Gasteiger partial charge is 0.502 e. The molecule has 140 valence electrons. The second kappa shape index (κ2) is 8.15. The van der Waals surface area contributed by atoms with Gasteiger partial charge >= 0.3 is 12.1 Å². The molecule has 2 aromatic rings. The van der Waals surface area contributed by atoms with E-state index in [4.69, 9.17) is 23.4 Å². The van der Waals surface area contributed by atoms with Gasteiger partial charge in [-0.15, -0.1) is 0 Å². The van der Waals surface area contributed by atoms with Gasteiger partial charge in [-0.2, -0.15) is 0 Å². The number of carbonyl (C=O) groups excluding carboxylic acids is 2. The maximum Gasteiger partial charge on any atom is 0.414 e. The maximum absolute atomic E-state index is 11.7. The third-order valence-corrected chi connectivity index (χ3v) is 3.19. The van der Waals surface area contributed by atoms with Crippen LogP contribution in [0.15, 0.2) is 22.6 Å². The third-order valence-electron chi connectivity index (χ3n) is 3.19. The maximum atomic E-state index is 11.7. The van der Waals surface area contributed by atoms with Crippen molar-refractivity contribution in [1.82, 2.24) is 0 Å². The van der Waals surface area contributed by atoms with Crippen molar-refractivity contribution in [2.75, 3.05) is 26.1 Å². The molecular weight excluding hydrogens is 346 g/mol. The van der Waals surface area contributed by atoms with Gasteiger partial charge in [-0.25, -0.2) is 4.79 Å². The van der Waals surface area contributed by atoms with Gasteiger partial charge in [0.25, 0.3) is 5.88 Å². The molecule has 1 heterocycles. The number of hydrogen-bond acceptors (Lipinski definition) is 8. The van der Waals surface area contributed by atoms with E-state index in [1.165, 1.54) is 14.2 Å². The molecule has 0 atom stereocenters. The summed E-state index contributed by atoms with van der Waals surface area (Å²) >= 11 is 0. The average Bonchev–Trinajstić information content (AvgIpc) is 2.90. The molecule has 0 unspecified atom stereocenters. The Kier molecular flexibility index (Phi) is 5.94. The van der Waals surface area contributed by atoms with Gasteiger partial charge in [0, 0.05) is 18.6 Å². The molecule has 0 bridgehead atoms. The molecule has 0 aliphatic heterocycles. The van der Waals surface area contributed by atoms with E-state index in [2.05, 4.69) is 5.32 Å². The summed E-state index contributed by atoms with van der Waals surface area (Å²) in [5, 5.41) is 12.7. The predicted molar refractivity (Wildman–Crippen MR) is 90.9 cm³/mol. The van der Waals surface area contributed by atoms with E-state index in [1.807, 2.05) is 0 Å². The Morgan fingerprint density at radius 3 is 2.27 bits per heavy atom. The molecule has 0 saturated carbocycles. The van der Waals surface area contributed by atoms with E-state index in [-0.39, 0.29) is 24.0 Å². The number of ether oxygens (including phenoxy) is 4. The Morgan fingerprint density at radius 1 is 1.15 bits per heavy atom. The number of benzene rings is 1. The first-order chi connectivity index (χ1) is 12.4. The van der Waals surface area contributed by atoms with Crippen molar-refractivity contribution < 1.29 is 38.1 Å². The fourth-order valence-corrected chi connectivity index (χ4v) is 2.12. The van der Waals surface area contributed by atoms with Crippen LogP contribution in [-0.4, -0.2) is 38.0 Å². The monoisotopic (exact) mass is 365 g/mol. The molecule has 1 amide bonds. The number of hydrogen-bond donors (Lipinski definition) is 2. The van der Waals surface area contributed by atoms with Crippen molar-refractivity contribution in [3.63, 3.8) is 0 Å². The SMILES string of the molecule is CCOC(=O)Nc1oc(-c2cc(OC)cc(OC)c2)c(O)c1OC(C)=O. The number of anilines is 1. The highest BCUT2D eigenvalue weighted by Crippen LogP contribution is 2.47. The van der Waals surface area contributed by atoms with Crippen LogP contribution in [0, 0.1) is 0 Å². The van der Waals surface area contributed by atoms with Crippen molar-refractivity contribution in [2.24, 2.45) is 0 Å². The van der Waals surface area contributed by atoms with Crippen molar-refractivity contribution >= 4 is 17.9 Å². The standard InChI is InChI=1S/C17H19NO8/c1-5-24-17(21)18-16-15(25-9(2)19)13(20)14(26-16)10-6-11(22-3)8-12(7-10)23-4/h6-8,20H,5H2,1-4H3,(H,18,21). The third kappa shape index (κ3) is 4.18. The number of aromatic hydroxyl groups is 1. The first-order valence-corrected chi connectivity index (χ1v) is 7.61. The lowest BCUT2D eigenvalue weighted by Crippen LogP contribution is -2.14. The predicted octanol–water partition coefficient (Wildman–Crippen LogP) is 3.16. The molecule has 2 N–H and O–H groups in total. The molecule has 26 heavy (non-hydrogen) atoms. The highest BCUT2D eigenvalue weighted by molar-refractivity contribution is 5.89. The number of amides is 1. The van der Waals surface area contributed by atoms with Gasteiger partial charge in [-0.05, 0) is 19.1 Å². The van der Waals surface area contributed by atoms with E-state index in [0.717, 1.165) is 6.92 Å². The molecule has 1 aromatic carbocycles. The lowest BCUT2D eigenvalue weighted by Gasteiger charge is -2.07. The van der Waals surface area contributed by atoms with E-state index < -0.39 is 17.8 Å². The van der Waals surface area contributed by atoms with Gasteiger partial charge in [-0.1, -0.05) is 0 Å². The van der Waals surface area contributed by atoms with Gasteiger partial charge in [-0.3, -0.25) is 10.1 Å². The Labute approximate surface area is 149 Å². The Morgan fingerprint density at radius 2 is 1.77 bits per heavy atom. The van der Waals surface area contributed by atoms with Gasteiger partial charge in [0.15, 0.2) is 5.76 Å². The minimum atomic E-state index is -0.829. The average molecular weight is 365 g/mol. The molecule has 0 radical (unpaired) electrons. The summed E-state index contributed by atoms with van der Waals surface area (Å²) in [6.07, 6.45) is -0.829. The molecule has 1 aromatic heterocycles. The van der Waals surface area contributed by atoms with Crippen LogP contribution < -0.4 is 19.5 Å². The van der Waals surface area contributed by atoms with Crippen LogP contribution in [-0.2, 0) is 9.53 Å². The molecular formula is C17H19NO8. The van der Waals surface area contributed by atoms with Crippen LogP contribution in [0.3, 0.4) is 0 Å². The minimum Gasteiger partial charge on any atom is -0.502 e. The topological polar surface area (TPSA) is 116 Å². The number of furan rings is 1. The first-order valence-electron chi connectivity index (χ1n) is 7.61. The molecule has 9 heteroatoms. The zero-order chi connectivity index (χ0) is 19.3. The summed E-state index contributed by atoms with van der Waals surface area (Å²) in [5.41, 5.74) is 0.379. The molecule has 2 rings (SSSR count). The summed E-state index contributed by atoms with van der Waals surface area (Å²) in [6.45, 7) is 2.90. The molecule has 0 saturated heterocycles. The molecule has 0 fully saturated rings. The highest BCUT2D eigenvalue weighted by Gasteiger charge is 2.26. The zero-order valence-electron chi connectivity index (χ0n) is 14.7. The smallest absolute Gasteiger partial charge is 0.414 e. The number of carbonyl (C=O) groups is 2. The van der Waals surface area contributed by atoms with E-state index in [9.17, 15) is 14.7 Å². The number of rotatable bonds is 6. The fraction of sp³-hybridized carbons (Fsp3) is 0.294. The normalized spacial score (nSPS) is 10.2. The van der Waals surface area contributed by atoms with Gasteiger partial charge in [0.2, 0.25) is 11.5 Å². The van der Waals surface area contributed by atoms with Crippen LogP contribution in [0.4, 0.5) is 10.7 Å². The Hall–Kier alpha value is -3.36. The van der Waals surface area contributed by atoms with Gasteiger partial charge in [0.05, 0.1) is 20.8 Å². The summed E-state index contributed by atoms with van der Waals surface area (Å²) in [7, 11) is 2.94. The summed E-state index contributed by atoms with van der Waals surface area (Å²) in [5.74, 6) is -0.932. The van der Waals surface area contributed by atoms with Crippen molar-refractivity contribution in [3.05, 3.63) is 18.2 Å². The Bertz CT molecular complexity index is 789. The summed E-state index contributed by atoms with van der Waals surface area (Å²) in [6, 6.07) is 4.79. The molecule has 9 nitrogen and oxygen atoms in total. The van der Waals surface area contributed by atoms with Crippen LogP contribution in [0.5, 0.6) is 23.0 Å². The van der Waals surface area contributed by atoms with E-state index in [1.54, 1.807) is 25.1 Å². The van der Waals surface area contributed by atoms with Gasteiger partial charge in [0.1, 0.15) is 11.5 Å². The fourth-order valence-electron chi connectivity index (χ4n) is 2.12. The molecule has 0 aliphatic rings. The second-order valence-corrected chi connectivity index (χ2v) is 4.98. The lowest BCUT2D eigenvalue weighted by molar-refractivity contribution is -0.132.